The number of nitrogens with one attached hydrogen (secondary N) is 1. The third kappa shape index (κ3) is 5.45. The number of carbonyl (C=O) groups excluding carboxylic acids is 1. The average molecular weight is 360 g/mol. The largest absolute Gasteiger partial charge is 0.495 e. The van der Waals surface area contributed by atoms with Gasteiger partial charge in [0, 0.05) is 32.7 Å². The first kappa shape index (κ1) is 19.2. The number of aryl methyl sites for hydroxylation is 1. The van der Waals surface area contributed by atoms with Crippen molar-refractivity contribution in [2.45, 2.75) is 39.0 Å². The van der Waals surface area contributed by atoms with Crippen LogP contribution < -0.4 is 10.1 Å². The van der Waals surface area contributed by atoms with Crippen molar-refractivity contribution >= 4 is 11.6 Å². The summed E-state index contributed by atoms with van der Waals surface area (Å²) in [7, 11) is 1.63. The third-order valence-electron chi connectivity index (χ3n) is 5.70. The van der Waals surface area contributed by atoms with Gasteiger partial charge in [-0.1, -0.05) is 25.3 Å². The van der Waals surface area contributed by atoms with Gasteiger partial charge in [0.25, 0.3) is 0 Å². The maximum Gasteiger partial charge on any atom is 0.238 e. The molecule has 0 aromatic heterocycles. The van der Waals surface area contributed by atoms with E-state index in [2.05, 4.69) is 15.1 Å². The highest BCUT2D eigenvalue weighted by Gasteiger charge is 2.22. The minimum Gasteiger partial charge on any atom is -0.495 e. The van der Waals surface area contributed by atoms with Crippen LogP contribution in [0.15, 0.2) is 18.2 Å². The van der Waals surface area contributed by atoms with Crippen LogP contribution in [0.25, 0.3) is 0 Å². The van der Waals surface area contributed by atoms with Crippen LogP contribution in [0.3, 0.4) is 0 Å². The van der Waals surface area contributed by atoms with Gasteiger partial charge >= 0.3 is 0 Å². The maximum atomic E-state index is 12.4. The number of nitrogens with zero attached hydrogens (tertiary/aromatic N) is 2. The molecule has 0 unspecified atom stereocenters. The van der Waals surface area contributed by atoms with Gasteiger partial charge in [0.2, 0.25) is 5.91 Å². The molecule has 26 heavy (non-hydrogen) atoms. The summed E-state index contributed by atoms with van der Waals surface area (Å²) < 4.78 is 5.34. The van der Waals surface area contributed by atoms with Crippen LogP contribution >= 0.6 is 0 Å². The lowest BCUT2D eigenvalue weighted by Gasteiger charge is -2.37. The van der Waals surface area contributed by atoms with Crippen LogP contribution in [-0.2, 0) is 4.79 Å². The Balaban J connectivity index is 1.42. The molecule has 0 bridgehead atoms. The molecule has 3 rings (SSSR count). The molecule has 1 N–H and O–H groups in total. The number of anilines is 1. The lowest BCUT2D eigenvalue weighted by atomic mass is 9.89. The predicted octanol–water partition coefficient (Wildman–Crippen LogP) is 3.14. The number of ether oxygens (including phenoxy) is 1. The van der Waals surface area contributed by atoms with E-state index < -0.39 is 0 Å². The Kier molecular flexibility index (Phi) is 6.92. The SMILES string of the molecule is COc1ccc(C)cc1NC(=O)CN1CCN(CC2CCCCC2)CC1. The normalized spacial score (nSPS) is 20.1. The van der Waals surface area contributed by atoms with Gasteiger partial charge in [0.05, 0.1) is 19.3 Å². The highest BCUT2D eigenvalue weighted by molar-refractivity contribution is 5.93. The second-order valence-corrected chi connectivity index (χ2v) is 7.83. The minimum absolute atomic E-state index is 0.0367. The smallest absolute Gasteiger partial charge is 0.238 e. The molecular weight excluding hydrogens is 326 g/mol. The Bertz CT molecular complexity index is 591. The predicted molar refractivity (Wildman–Crippen MR) is 106 cm³/mol. The number of benzene rings is 1. The second kappa shape index (κ2) is 9.38. The fourth-order valence-electron chi connectivity index (χ4n) is 4.18. The maximum absolute atomic E-state index is 12.4. The van der Waals surface area contributed by atoms with Crippen molar-refractivity contribution in [2.75, 3.05) is 51.7 Å². The van der Waals surface area contributed by atoms with E-state index in [1.165, 1.54) is 38.6 Å². The Morgan fingerprint density at radius 2 is 1.81 bits per heavy atom. The summed E-state index contributed by atoms with van der Waals surface area (Å²) in [6.45, 7) is 7.83. The van der Waals surface area contributed by atoms with Gasteiger partial charge in [-0.3, -0.25) is 9.69 Å². The van der Waals surface area contributed by atoms with Crippen molar-refractivity contribution in [1.82, 2.24) is 9.80 Å². The molecule has 1 saturated carbocycles. The molecular formula is C21H33N3O2. The number of carbonyl (C=O) groups is 1. The Morgan fingerprint density at radius 3 is 2.50 bits per heavy atom. The Morgan fingerprint density at radius 1 is 1.12 bits per heavy atom. The first-order valence-corrected chi connectivity index (χ1v) is 10.0. The number of amides is 1. The molecule has 1 amide bonds. The molecule has 5 heteroatoms. The number of rotatable bonds is 6. The summed E-state index contributed by atoms with van der Waals surface area (Å²) in [6, 6.07) is 5.84. The van der Waals surface area contributed by atoms with Gasteiger partial charge in [-0.15, -0.1) is 0 Å². The van der Waals surface area contributed by atoms with Crippen LogP contribution in [0, 0.1) is 12.8 Å². The molecule has 2 aliphatic rings. The molecule has 0 radical (unpaired) electrons. The van der Waals surface area contributed by atoms with Crippen LogP contribution in [0.2, 0.25) is 0 Å². The van der Waals surface area contributed by atoms with Crippen molar-refractivity contribution in [3.63, 3.8) is 0 Å². The molecule has 5 nitrogen and oxygen atoms in total. The van der Waals surface area contributed by atoms with E-state index in [1.807, 2.05) is 25.1 Å². The molecule has 1 aliphatic heterocycles. The summed E-state index contributed by atoms with van der Waals surface area (Å²) in [5.41, 5.74) is 1.87. The van der Waals surface area contributed by atoms with Gasteiger partial charge in [-0.25, -0.2) is 0 Å². The van der Waals surface area contributed by atoms with E-state index in [1.54, 1.807) is 7.11 Å². The zero-order valence-corrected chi connectivity index (χ0v) is 16.3. The quantitative estimate of drug-likeness (QED) is 0.847. The summed E-state index contributed by atoms with van der Waals surface area (Å²) in [5.74, 6) is 1.64. The fourth-order valence-corrected chi connectivity index (χ4v) is 4.18. The number of piperazine rings is 1. The van der Waals surface area contributed by atoms with E-state index in [-0.39, 0.29) is 5.91 Å². The lowest BCUT2D eigenvalue weighted by Crippen LogP contribution is -2.49. The van der Waals surface area contributed by atoms with Gasteiger partial charge in [0.15, 0.2) is 0 Å². The number of hydrogen-bond donors (Lipinski definition) is 1. The number of hydrogen-bond acceptors (Lipinski definition) is 4. The summed E-state index contributed by atoms with van der Waals surface area (Å²) in [4.78, 5) is 17.3. The average Bonchev–Trinajstić information content (AvgIpc) is 2.64. The molecule has 1 saturated heterocycles. The van der Waals surface area contributed by atoms with Crippen LogP contribution in [0.5, 0.6) is 5.75 Å². The Labute approximate surface area is 157 Å². The van der Waals surface area contributed by atoms with Gasteiger partial charge < -0.3 is 15.0 Å². The van der Waals surface area contributed by atoms with Crippen LogP contribution in [0.4, 0.5) is 5.69 Å². The van der Waals surface area contributed by atoms with E-state index in [9.17, 15) is 4.79 Å². The first-order chi connectivity index (χ1) is 12.6. The van der Waals surface area contributed by atoms with Crippen molar-refractivity contribution in [3.05, 3.63) is 23.8 Å². The van der Waals surface area contributed by atoms with Crippen LogP contribution in [0.1, 0.15) is 37.7 Å². The molecule has 1 aliphatic carbocycles. The fraction of sp³-hybridized carbons (Fsp3) is 0.667. The molecule has 1 heterocycles. The molecule has 0 spiro atoms. The van der Waals surface area contributed by atoms with Gasteiger partial charge in [-0.2, -0.15) is 0 Å². The molecule has 1 aromatic carbocycles. The van der Waals surface area contributed by atoms with Crippen molar-refractivity contribution < 1.29 is 9.53 Å². The molecule has 2 fully saturated rings. The lowest BCUT2D eigenvalue weighted by molar-refractivity contribution is -0.117. The molecule has 144 valence electrons. The second-order valence-electron chi connectivity index (χ2n) is 7.83. The Hall–Kier alpha value is -1.59. The summed E-state index contributed by atoms with van der Waals surface area (Å²) in [6.07, 6.45) is 7.05. The standard InChI is InChI=1S/C21H33N3O2/c1-17-8-9-20(26-2)19(14-17)22-21(25)16-24-12-10-23(11-13-24)15-18-6-4-3-5-7-18/h8-9,14,18H,3-7,10-13,15-16H2,1-2H3,(H,22,25). The monoisotopic (exact) mass is 359 g/mol. The van der Waals surface area contributed by atoms with Crippen molar-refractivity contribution in [3.8, 4) is 5.75 Å². The van der Waals surface area contributed by atoms with E-state index in [4.69, 9.17) is 4.74 Å². The molecule has 1 aromatic rings. The van der Waals surface area contributed by atoms with Crippen LogP contribution in [-0.4, -0.2) is 62.1 Å². The van der Waals surface area contributed by atoms with Crippen molar-refractivity contribution in [2.24, 2.45) is 5.92 Å². The number of methoxy groups -OCH3 is 1. The topological polar surface area (TPSA) is 44.8 Å². The van der Waals surface area contributed by atoms with Crippen molar-refractivity contribution in [1.29, 1.82) is 0 Å². The van der Waals surface area contributed by atoms with E-state index in [0.717, 1.165) is 43.3 Å². The van der Waals surface area contributed by atoms with Gasteiger partial charge in [-0.05, 0) is 43.4 Å². The van der Waals surface area contributed by atoms with E-state index in [0.29, 0.717) is 12.3 Å². The summed E-state index contributed by atoms with van der Waals surface area (Å²) >= 11 is 0. The van der Waals surface area contributed by atoms with Gasteiger partial charge in [0.1, 0.15) is 5.75 Å². The molecule has 0 atom stereocenters. The highest BCUT2D eigenvalue weighted by Crippen LogP contribution is 2.26. The van der Waals surface area contributed by atoms with E-state index >= 15 is 0 Å². The third-order valence-corrected chi connectivity index (χ3v) is 5.70. The zero-order valence-electron chi connectivity index (χ0n) is 16.3. The highest BCUT2D eigenvalue weighted by atomic mass is 16.5. The first-order valence-electron chi connectivity index (χ1n) is 10.0. The summed E-state index contributed by atoms with van der Waals surface area (Å²) in [5, 5.41) is 3.01. The minimum atomic E-state index is 0.0367. The zero-order chi connectivity index (χ0) is 18.4.